The second kappa shape index (κ2) is 9.47. The summed E-state index contributed by atoms with van der Waals surface area (Å²) in [6.45, 7) is 6.48. The lowest BCUT2D eigenvalue weighted by Gasteiger charge is -2.03. The van der Waals surface area contributed by atoms with Crippen molar-refractivity contribution in [1.29, 1.82) is 0 Å². The van der Waals surface area contributed by atoms with E-state index in [-0.39, 0.29) is 6.10 Å². The van der Waals surface area contributed by atoms with Crippen LogP contribution in [0.3, 0.4) is 0 Å². The lowest BCUT2D eigenvalue weighted by atomic mass is 10.3. The molecule has 0 amide bonds. The molecule has 0 saturated heterocycles. The van der Waals surface area contributed by atoms with Gasteiger partial charge in [0.05, 0.1) is 24.4 Å². The zero-order valence-corrected chi connectivity index (χ0v) is 13.5. The largest absolute Gasteiger partial charge is 0.463 e. The molecule has 1 N–H and O–H groups in total. The van der Waals surface area contributed by atoms with E-state index in [2.05, 4.69) is 21.9 Å². The Morgan fingerprint density at radius 3 is 2.57 bits per heavy atom. The molecule has 2 aromatic rings. The molecule has 5 nitrogen and oxygen atoms in total. The van der Waals surface area contributed by atoms with Crippen molar-refractivity contribution in [3.63, 3.8) is 0 Å². The molecule has 0 aliphatic heterocycles. The molecule has 0 bridgehead atoms. The molecule has 2 rings (SSSR count). The van der Waals surface area contributed by atoms with Crippen LogP contribution in [-0.4, -0.2) is 32.8 Å². The summed E-state index contributed by atoms with van der Waals surface area (Å²) in [6.07, 6.45) is 4.45. The first-order chi connectivity index (χ1) is 10.1. The lowest BCUT2D eigenvalue weighted by molar-refractivity contribution is 0.191. The highest BCUT2D eigenvalue weighted by molar-refractivity contribution is 6.29. The third-order valence-corrected chi connectivity index (χ3v) is 2.91. The van der Waals surface area contributed by atoms with Crippen LogP contribution in [0, 0.1) is 0 Å². The number of aliphatic hydroxyl groups is 1. The van der Waals surface area contributed by atoms with E-state index in [1.807, 2.05) is 6.92 Å². The van der Waals surface area contributed by atoms with E-state index in [4.69, 9.17) is 21.4 Å². The van der Waals surface area contributed by atoms with Gasteiger partial charge in [0, 0.05) is 0 Å². The van der Waals surface area contributed by atoms with E-state index in [0.29, 0.717) is 23.3 Å². The van der Waals surface area contributed by atoms with Gasteiger partial charge < -0.3 is 9.84 Å². The van der Waals surface area contributed by atoms with Crippen molar-refractivity contribution in [2.24, 2.45) is 0 Å². The molecule has 1 unspecified atom stereocenters. The van der Waals surface area contributed by atoms with Crippen LogP contribution in [0.25, 0.3) is 11.0 Å². The van der Waals surface area contributed by atoms with Crippen LogP contribution in [0.1, 0.15) is 40.0 Å². The third kappa shape index (κ3) is 6.69. The van der Waals surface area contributed by atoms with E-state index < -0.39 is 0 Å². The molecule has 0 aliphatic carbocycles. The third-order valence-electron chi connectivity index (χ3n) is 2.70. The van der Waals surface area contributed by atoms with Crippen LogP contribution in [0.2, 0.25) is 5.15 Å². The van der Waals surface area contributed by atoms with Gasteiger partial charge in [-0.25, -0.2) is 9.97 Å². The van der Waals surface area contributed by atoms with Crippen LogP contribution in [0.4, 0.5) is 0 Å². The topological polar surface area (TPSA) is 68.1 Å². The van der Waals surface area contributed by atoms with Crippen LogP contribution >= 0.6 is 11.6 Å². The van der Waals surface area contributed by atoms with Crippen LogP contribution in [0.15, 0.2) is 18.3 Å². The van der Waals surface area contributed by atoms with Crippen molar-refractivity contribution in [3.05, 3.63) is 23.5 Å². The number of hydrogen-bond donors (Lipinski definition) is 1. The average Bonchev–Trinajstić information content (AvgIpc) is 2.48. The Morgan fingerprint density at radius 1 is 1.24 bits per heavy atom. The minimum atomic E-state index is -0.116. The van der Waals surface area contributed by atoms with Gasteiger partial charge in [-0.3, -0.25) is 0 Å². The number of pyridine rings is 1. The fourth-order valence-corrected chi connectivity index (χ4v) is 1.41. The summed E-state index contributed by atoms with van der Waals surface area (Å²) >= 11 is 5.76. The van der Waals surface area contributed by atoms with E-state index in [9.17, 15) is 0 Å². The van der Waals surface area contributed by atoms with Crippen LogP contribution in [0.5, 0.6) is 6.01 Å². The zero-order chi connectivity index (χ0) is 15.7. The van der Waals surface area contributed by atoms with Gasteiger partial charge in [-0.15, -0.1) is 0 Å². The molecule has 0 fully saturated rings. The molecule has 1 atom stereocenters. The van der Waals surface area contributed by atoms with Gasteiger partial charge in [0.25, 0.3) is 0 Å². The molecule has 6 heteroatoms. The predicted molar refractivity (Wildman–Crippen MR) is 84.7 cm³/mol. The van der Waals surface area contributed by atoms with Crippen molar-refractivity contribution in [1.82, 2.24) is 15.0 Å². The number of aliphatic hydroxyl groups excluding tert-OH is 1. The number of hydrogen-bond acceptors (Lipinski definition) is 5. The zero-order valence-electron chi connectivity index (χ0n) is 12.7. The Labute approximate surface area is 130 Å². The molecule has 0 aliphatic rings. The highest BCUT2D eigenvalue weighted by atomic mass is 35.5. The maximum absolute atomic E-state index is 8.36. The van der Waals surface area contributed by atoms with E-state index in [1.54, 1.807) is 25.3 Å². The van der Waals surface area contributed by atoms with Crippen LogP contribution in [-0.2, 0) is 0 Å². The second-order valence-electron chi connectivity index (χ2n) is 4.65. The molecule has 0 radical (unpaired) electrons. The van der Waals surface area contributed by atoms with Gasteiger partial charge in [-0.05, 0) is 31.9 Å². The van der Waals surface area contributed by atoms with E-state index in [1.165, 1.54) is 0 Å². The first-order valence-electron chi connectivity index (χ1n) is 7.17. The summed E-state index contributed by atoms with van der Waals surface area (Å²) in [5.74, 6) is 0. The van der Waals surface area contributed by atoms with Crippen molar-refractivity contribution in [2.45, 2.75) is 46.1 Å². The van der Waals surface area contributed by atoms with Crippen molar-refractivity contribution < 1.29 is 9.84 Å². The number of halogens is 1. The minimum Gasteiger partial charge on any atom is -0.463 e. The van der Waals surface area contributed by atoms with Crippen molar-refractivity contribution >= 4 is 22.6 Å². The first-order valence-corrected chi connectivity index (χ1v) is 7.54. The first kappa shape index (κ1) is 17.6. The Morgan fingerprint density at radius 2 is 1.95 bits per heavy atom. The average molecular weight is 312 g/mol. The summed E-state index contributed by atoms with van der Waals surface area (Å²) in [4.78, 5) is 12.4. The van der Waals surface area contributed by atoms with Gasteiger partial charge in [-0.1, -0.05) is 31.9 Å². The predicted octanol–water partition coefficient (Wildman–Crippen LogP) is 3.63. The van der Waals surface area contributed by atoms with Gasteiger partial charge in [-0.2, -0.15) is 4.98 Å². The Hall–Kier alpha value is -1.46. The SMILES string of the molecule is CCC(C)O.CCCCOc1ncc2nc(Cl)ccc2n1. The maximum Gasteiger partial charge on any atom is 0.317 e. The molecule has 0 saturated carbocycles. The molecular weight excluding hydrogens is 290 g/mol. The summed E-state index contributed by atoms with van der Waals surface area (Å²) in [7, 11) is 0. The number of aromatic nitrogens is 3. The molecule has 2 aromatic heterocycles. The van der Waals surface area contributed by atoms with Gasteiger partial charge in [0.1, 0.15) is 10.7 Å². The number of fused-ring (bicyclic) bond motifs is 1. The maximum atomic E-state index is 8.36. The standard InChI is InChI=1S/C11H12ClN3O.C4H10O/c1-2-3-6-16-11-13-7-9-8(15-11)4-5-10(12)14-9;1-3-4(2)5/h4-5,7H,2-3,6H2,1H3;4-5H,3H2,1-2H3. The number of nitrogens with zero attached hydrogens (tertiary/aromatic N) is 3. The van der Waals surface area contributed by atoms with Crippen molar-refractivity contribution in [3.8, 4) is 6.01 Å². The number of rotatable bonds is 5. The molecule has 0 spiro atoms. The van der Waals surface area contributed by atoms with E-state index >= 15 is 0 Å². The highest BCUT2D eigenvalue weighted by Crippen LogP contribution is 2.14. The monoisotopic (exact) mass is 311 g/mol. The fraction of sp³-hybridized carbons (Fsp3) is 0.533. The van der Waals surface area contributed by atoms with Gasteiger partial charge in [0.15, 0.2) is 0 Å². The van der Waals surface area contributed by atoms with E-state index in [0.717, 1.165) is 24.8 Å². The highest BCUT2D eigenvalue weighted by Gasteiger charge is 2.02. The molecule has 21 heavy (non-hydrogen) atoms. The molecular formula is C15H22ClN3O2. The fourth-order valence-electron chi connectivity index (χ4n) is 1.26. The Bertz CT molecular complexity index is 549. The number of unbranched alkanes of at least 4 members (excludes halogenated alkanes) is 1. The normalized spacial score (nSPS) is 11.7. The van der Waals surface area contributed by atoms with Gasteiger partial charge >= 0.3 is 6.01 Å². The lowest BCUT2D eigenvalue weighted by Crippen LogP contribution is -2.00. The second-order valence-corrected chi connectivity index (χ2v) is 5.04. The van der Waals surface area contributed by atoms with Gasteiger partial charge in [0.2, 0.25) is 0 Å². The molecule has 116 valence electrons. The molecule has 0 aromatic carbocycles. The minimum absolute atomic E-state index is 0.116. The molecule has 2 heterocycles. The van der Waals surface area contributed by atoms with Crippen LogP contribution < -0.4 is 4.74 Å². The Balaban J connectivity index is 0.000000383. The summed E-state index contributed by atoms with van der Waals surface area (Å²) in [6, 6.07) is 3.90. The summed E-state index contributed by atoms with van der Waals surface area (Å²) in [5.41, 5.74) is 1.42. The summed E-state index contributed by atoms with van der Waals surface area (Å²) in [5, 5.41) is 8.80. The van der Waals surface area contributed by atoms with Crippen molar-refractivity contribution in [2.75, 3.05) is 6.61 Å². The smallest absolute Gasteiger partial charge is 0.317 e. The quantitative estimate of drug-likeness (QED) is 0.674. The number of ether oxygens (including phenoxy) is 1. The Kier molecular flexibility index (Phi) is 7.93. The summed E-state index contributed by atoms with van der Waals surface area (Å²) < 4.78 is 5.40.